The van der Waals surface area contributed by atoms with Gasteiger partial charge in [-0.2, -0.15) is 0 Å². The molecule has 1 aromatic heterocycles. The first-order chi connectivity index (χ1) is 34.2. The molecule has 0 fully saturated rings. The van der Waals surface area contributed by atoms with Crippen LogP contribution in [-0.2, 0) is 5.41 Å². The molecule has 13 rings (SSSR count). The van der Waals surface area contributed by atoms with Crippen molar-refractivity contribution in [2.24, 2.45) is 0 Å². The van der Waals surface area contributed by atoms with Crippen molar-refractivity contribution in [1.82, 2.24) is 15.0 Å². The van der Waals surface area contributed by atoms with Crippen LogP contribution in [0.5, 0.6) is 23.0 Å². The van der Waals surface area contributed by atoms with Crippen molar-refractivity contribution >= 4 is 0 Å². The Morgan fingerprint density at radius 2 is 0.696 bits per heavy atom. The summed E-state index contributed by atoms with van der Waals surface area (Å²) in [6.07, 6.45) is 0. The molecule has 5 heteroatoms. The van der Waals surface area contributed by atoms with Gasteiger partial charge in [0, 0.05) is 22.3 Å². The summed E-state index contributed by atoms with van der Waals surface area (Å²) in [5, 5.41) is 0. The summed E-state index contributed by atoms with van der Waals surface area (Å²) >= 11 is 0. The molecule has 5 nitrogen and oxygen atoms in total. The monoisotopic (exact) mass is 883 g/mol. The van der Waals surface area contributed by atoms with Gasteiger partial charge in [0.15, 0.2) is 40.5 Å². The summed E-state index contributed by atoms with van der Waals surface area (Å²) in [6, 6.07) is 86.7. The maximum absolute atomic E-state index is 6.96. The molecule has 2 aliphatic rings. The van der Waals surface area contributed by atoms with Crippen molar-refractivity contribution in [3.63, 3.8) is 0 Å². The van der Waals surface area contributed by atoms with Crippen molar-refractivity contribution < 1.29 is 9.47 Å². The van der Waals surface area contributed by atoms with E-state index in [2.05, 4.69) is 231 Å². The molecule has 10 aromatic carbocycles. The van der Waals surface area contributed by atoms with Crippen molar-refractivity contribution in [3.05, 3.63) is 271 Å². The first-order valence-electron chi connectivity index (χ1n) is 23.2. The fourth-order valence-corrected chi connectivity index (χ4v) is 10.3. The summed E-state index contributed by atoms with van der Waals surface area (Å²) in [6.45, 7) is 0. The second-order valence-corrected chi connectivity index (χ2v) is 17.5. The van der Waals surface area contributed by atoms with Crippen molar-refractivity contribution in [3.8, 4) is 102 Å². The summed E-state index contributed by atoms with van der Waals surface area (Å²) in [7, 11) is 0. The maximum Gasteiger partial charge on any atom is 0.178 e. The molecule has 0 saturated heterocycles. The SMILES string of the molecule is c1ccc(-c2cccc(-c3nc(-c4cccc(-c5ccccc5)c4)nc(-c4cccc(-c5ccc6c(c5)Oc5ccc7c(c5O6)-c5ccccc5C7(c5ccccc5)c5ccccc5)c4)n3)c2)cc1. The molecule has 0 saturated carbocycles. The third-order valence-electron chi connectivity index (χ3n) is 13.5. The molecular weight excluding hydrogens is 843 g/mol. The molecule has 2 heterocycles. The number of hydrogen-bond donors (Lipinski definition) is 0. The highest BCUT2D eigenvalue weighted by molar-refractivity contribution is 5.92. The van der Waals surface area contributed by atoms with Gasteiger partial charge in [-0.3, -0.25) is 0 Å². The maximum atomic E-state index is 6.96. The van der Waals surface area contributed by atoms with Crippen molar-refractivity contribution in [1.29, 1.82) is 0 Å². The normalized spacial score (nSPS) is 12.7. The fraction of sp³-hybridized carbons (Fsp3) is 0.0156. The molecule has 0 radical (unpaired) electrons. The Bertz CT molecular complexity index is 3580. The zero-order valence-electron chi connectivity index (χ0n) is 37.3. The van der Waals surface area contributed by atoms with E-state index in [1.54, 1.807) is 0 Å². The van der Waals surface area contributed by atoms with Crippen molar-refractivity contribution in [2.75, 3.05) is 0 Å². The van der Waals surface area contributed by atoms with Gasteiger partial charge in [0.05, 0.1) is 5.41 Å². The number of ether oxygens (including phenoxy) is 2. The Hall–Kier alpha value is -9.19. The van der Waals surface area contributed by atoms with E-state index in [1.807, 2.05) is 18.2 Å². The lowest BCUT2D eigenvalue weighted by molar-refractivity contribution is 0.360. The quantitative estimate of drug-likeness (QED) is 0.152. The number of benzene rings is 10. The van der Waals surface area contributed by atoms with Gasteiger partial charge < -0.3 is 9.47 Å². The molecule has 0 bridgehead atoms. The summed E-state index contributed by atoms with van der Waals surface area (Å²) in [4.78, 5) is 15.5. The van der Waals surface area contributed by atoms with Gasteiger partial charge in [-0.05, 0) is 97.6 Å². The minimum atomic E-state index is -0.541. The van der Waals surface area contributed by atoms with Crippen LogP contribution in [0, 0.1) is 0 Å². The number of rotatable bonds is 8. The Balaban J connectivity index is 0.882. The molecule has 0 spiro atoms. The molecule has 0 amide bonds. The molecule has 324 valence electrons. The lowest BCUT2D eigenvalue weighted by atomic mass is 9.68. The molecule has 0 N–H and O–H groups in total. The van der Waals surface area contributed by atoms with Gasteiger partial charge in [0.25, 0.3) is 0 Å². The van der Waals surface area contributed by atoms with Crippen LogP contribution >= 0.6 is 0 Å². The van der Waals surface area contributed by atoms with Crippen LogP contribution in [0.15, 0.2) is 249 Å². The molecular formula is C64H41N3O2. The second kappa shape index (κ2) is 16.6. The van der Waals surface area contributed by atoms with E-state index in [1.165, 1.54) is 16.7 Å². The Morgan fingerprint density at radius 3 is 1.23 bits per heavy atom. The number of fused-ring (bicyclic) bond motifs is 6. The van der Waals surface area contributed by atoms with Crippen LogP contribution in [-0.4, -0.2) is 15.0 Å². The molecule has 1 aliphatic heterocycles. The Morgan fingerprint density at radius 1 is 0.275 bits per heavy atom. The van der Waals surface area contributed by atoms with Crippen LogP contribution in [0.25, 0.3) is 78.7 Å². The molecule has 69 heavy (non-hydrogen) atoms. The first-order valence-corrected chi connectivity index (χ1v) is 23.2. The van der Waals surface area contributed by atoms with Gasteiger partial charge in [0.1, 0.15) is 0 Å². The predicted octanol–water partition coefficient (Wildman–Crippen LogP) is 16.1. The lowest BCUT2D eigenvalue weighted by Crippen LogP contribution is -2.28. The Labute approximate surface area is 400 Å². The van der Waals surface area contributed by atoms with Crippen LogP contribution < -0.4 is 9.47 Å². The third-order valence-corrected chi connectivity index (χ3v) is 13.5. The average Bonchev–Trinajstić information content (AvgIpc) is 3.75. The topological polar surface area (TPSA) is 57.1 Å². The third kappa shape index (κ3) is 6.90. The van der Waals surface area contributed by atoms with Crippen molar-refractivity contribution in [2.45, 2.75) is 5.41 Å². The summed E-state index contributed by atoms with van der Waals surface area (Å²) in [5.74, 6) is 4.48. The second-order valence-electron chi connectivity index (χ2n) is 17.5. The molecule has 0 atom stereocenters. The van der Waals surface area contributed by atoms with Crippen LogP contribution in [0.4, 0.5) is 0 Å². The van der Waals surface area contributed by atoms with E-state index in [-0.39, 0.29) is 0 Å². The highest BCUT2D eigenvalue weighted by Gasteiger charge is 2.48. The zero-order valence-corrected chi connectivity index (χ0v) is 37.3. The average molecular weight is 884 g/mol. The minimum Gasteiger partial charge on any atom is -0.449 e. The van der Waals surface area contributed by atoms with Crippen LogP contribution in [0.1, 0.15) is 22.3 Å². The molecule has 0 unspecified atom stereocenters. The zero-order chi connectivity index (χ0) is 45.7. The molecule has 11 aromatic rings. The number of nitrogens with zero attached hydrogens (tertiary/aromatic N) is 3. The van der Waals surface area contributed by atoms with Gasteiger partial charge in [-0.15, -0.1) is 0 Å². The first kappa shape index (κ1) is 40.1. The Kier molecular flexibility index (Phi) is 9.65. The summed E-state index contributed by atoms with van der Waals surface area (Å²) in [5.41, 5.74) is 15.5. The van der Waals surface area contributed by atoms with Gasteiger partial charge in [-0.1, -0.05) is 212 Å². The van der Waals surface area contributed by atoms with E-state index in [0.29, 0.717) is 34.7 Å². The van der Waals surface area contributed by atoms with Gasteiger partial charge in [0.2, 0.25) is 0 Å². The van der Waals surface area contributed by atoms with Crippen LogP contribution in [0.2, 0.25) is 0 Å². The van der Waals surface area contributed by atoms with Gasteiger partial charge >= 0.3 is 0 Å². The van der Waals surface area contributed by atoms with E-state index in [4.69, 9.17) is 24.4 Å². The highest BCUT2D eigenvalue weighted by Crippen LogP contribution is 2.62. The fourth-order valence-electron chi connectivity index (χ4n) is 10.3. The largest absolute Gasteiger partial charge is 0.449 e. The van der Waals surface area contributed by atoms with Gasteiger partial charge in [-0.25, -0.2) is 15.0 Å². The van der Waals surface area contributed by atoms with E-state index in [9.17, 15) is 0 Å². The predicted molar refractivity (Wildman–Crippen MR) is 276 cm³/mol. The number of hydrogen-bond acceptors (Lipinski definition) is 5. The minimum absolute atomic E-state index is 0.541. The lowest BCUT2D eigenvalue weighted by Gasteiger charge is -2.34. The van der Waals surface area contributed by atoms with Crippen LogP contribution in [0.3, 0.4) is 0 Å². The standard InChI is InChI=1S/C64H41N3O2/c1-5-18-42(19-6-1)44-22-15-25-48(38-44)61-65-62(49-26-16-23-45(39-49)43-20-7-2-8-21-43)67-63(66-61)50-27-17-24-46(40-50)47-34-36-56-58(41-47)68-57-37-35-55-59(60(57)69-56)53-32-13-14-33-54(53)64(55,51-28-9-3-10-29-51)52-30-11-4-12-31-52/h1-41H. The number of aromatic nitrogens is 3. The molecule has 1 aliphatic carbocycles. The van der Waals surface area contributed by atoms with E-state index in [0.717, 1.165) is 72.5 Å². The van der Waals surface area contributed by atoms with E-state index >= 15 is 0 Å². The summed E-state index contributed by atoms with van der Waals surface area (Å²) < 4.78 is 13.8. The highest BCUT2D eigenvalue weighted by atomic mass is 16.6. The smallest absolute Gasteiger partial charge is 0.178 e. The van der Waals surface area contributed by atoms with E-state index < -0.39 is 5.41 Å².